The number of carbonyl (C=O) groups excluding carboxylic acids is 3. The lowest BCUT2D eigenvalue weighted by Gasteiger charge is -2.38. The lowest BCUT2D eigenvalue weighted by molar-refractivity contribution is -0.151. The third-order valence-electron chi connectivity index (χ3n) is 5.53. The van der Waals surface area contributed by atoms with Crippen molar-refractivity contribution < 1.29 is 29.0 Å². The minimum atomic E-state index is -0.934. The van der Waals surface area contributed by atoms with Crippen molar-refractivity contribution in [2.45, 2.75) is 46.1 Å². The molecule has 0 bridgehead atoms. The Morgan fingerprint density at radius 3 is 2.40 bits per heavy atom. The number of phenolic OH excluding ortho intramolecular Hbond substituents is 1. The summed E-state index contributed by atoms with van der Waals surface area (Å²) in [6.07, 6.45) is 0.137. The van der Waals surface area contributed by atoms with Crippen LogP contribution >= 0.6 is 0 Å². The van der Waals surface area contributed by atoms with Crippen molar-refractivity contribution in [3.05, 3.63) is 52.4 Å². The first kappa shape index (κ1) is 21.6. The topological polar surface area (TPSA) is 102 Å². The van der Waals surface area contributed by atoms with Gasteiger partial charge in [-0.05, 0) is 50.8 Å². The highest BCUT2D eigenvalue weighted by Gasteiger charge is 2.47. The number of allylic oxidation sites excluding steroid dienone is 3. The first-order chi connectivity index (χ1) is 14.1. The number of ether oxygens (including phenoxy) is 2. The van der Waals surface area contributed by atoms with E-state index in [0.29, 0.717) is 34.5 Å². The third-order valence-corrected chi connectivity index (χ3v) is 5.53. The Balaban J connectivity index is 2.17. The molecule has 7 nitrogen and oxygen atoms in total. The molecule has 0 unspecified atom stereocenters. The van der Waals surface area contributed by atoms with Crippen molar-refractivity contribution in [1.29, 1.82) is 0 Å². The zero-order valence-electron chi connectivity index (χ0n) is 17.8. The van der Waals surface area contributed by atoms with E-state index in [9.17, 15) is 19.5 Å². The molecule has 1 aliphatic carbocycles. The minimum absolute atomic E-state index is 0.0740. The van der Waals surface area contributed by atoms with Gasteiger partial charge < -0.3 is 19.9 Å². The van der Waals surface area contributed by atoms with Crippen LogP contribution in [-0.4, -0.2) is 36.0 Å². The Kier molecular flexibility index (Phi) is 6.01. The van der Waals surface area contributed by atoms with Gasteiger partial charge in [0, 0.05) is 22.9 Å². The van der Waals surface area contributed by atoms with Crippen LogP contribution in [0.15, 0.2) is 46.8 Å². The summed E-state index contributed by atoms with van der Waals surface area (Å²) < 4.78 is 10.3. The lowest BCUT2D eigenvalue weighted by Crippen LogP contribution is -2.43. The van der Waals surface area contributed by atoms with E-state index in [1.165, 1.54) is 19.2 Å². The van der Waals surface area contributed by atoms with Crippen LogP contribution in [0.5, 0.6) is 5.75 Å². The summed E-state index contributed by atoms with van der Waals surface area (Å²) in [6, 6.07) is 6.35. The number of hydrogen-bond donors (Lipinski definition) is 2. The van der Waals surface area contributed by atoms with Crippen molar-refractivity contribution in [2.75, 3.05) is 7.11 Å². The molecule has 1 aromatic rings. The largest absolute Gasteiger partial charge is 0.508 e. The number of ketones is 1. The van der Waals surface area contributed by atoms with Crippen molar-refractivity contribution >= 4 is 17.7 Å². The van der Waals surface area contributed by atoms with E-state index < -0.39 is 23.8 Å². The molecule has 3 atom stereocenters. The molecule has 0 fully saturated rings. The Morgan fingerprint density at radius 2 is 1.83 bits per heavy atom. The number of phenols is 1. The zero-order chi connectivity index (χ0) is 22.2. The number of esters is 2. The first-order valence-electron chi connectivity index (χ1n) is 9.98. The van der Waals surface area contributed by atoms with Crippen LogP contribution in [0.4, 0.5) is 0 Å². The monoisotopic (exact) mass is 413 g/mol. The van der Waals surface area contributed by atoms with Gasteiger partial charge in [0.05, 0.1) is 18.8 Å². The number of rotatable bonds is 4. The summed E-state index contributed by atoms with van der Waals surface area (Å²) in [4.78, 5) is 38.8. The van der Waals surface area contributed by atoms with Crippen LogP contribution in [0.1, 0.15) is 45.6 Å². The number of methoxy groups -OCH3 is 1. The maximum Gasteiger partial charge on any atom is 0.337 e. The number of carbonyl (C=O) groups is 3. The molecule has 0 saturated carbocycles. The molecular formula is C23H27NO6. The Bertz CT molecular complexity index is 941. The molecule has 2 N–H and O–H groups in total. The minimum Gasteiger partial charge on any atom is -0.508 e. The second-order valence-electron chi connectivity index (χ2n) is 8.08. The van der Waals surface area contributed by atoms with Gasteiger partial charge in [0.15, 0.2) is 5.78 Å². The van der Waals surface area contributed by atoms with Crippen molar-refractivity contribution in [1.82, 2.24) is 5.32 Å². The second kappa shape index (κ2) is 8.34. The third kappa shape index (κ3) is 3.84. The average Bonchev–Trinajstić information content (AvgIpc) is 2.66. The van der Waals surface area contributed by atoms with Gasteiger partial charge in [0.1, 0.15) is 11.7 Å². The SMILES string of the molecule is COC(=O)[C@H]1C(=O)C2=C(C[C@H]1C)NC(C)=C(C(=O)OC(C)C)[C@H]2c1ccc(O)cc1. The highest BCUT2D eigenvalue weighted by molar-refractivity contribution is 6.12. The predicted octanol–water partition coefficient (Wildman–Crippen LogP) is 2.96. The quantitative estimate of drug-likeness (QED) is 0.578. The van der Waals surface area contributed by atoms with Gasteiger partial charge in [-0.25, -0.2) is 4.79 Å². The van der Waals surface area contributed by atoms with E-state index in [1.807, 2.05) is 6.92 Å². The van der Waals surface area contributed by atoms with Crippen LogP contribution in [0.3, 0.4) is 0 Å². The van der Waals surface area contributed by atoms with E-state index >= 15 is 0 Å². The van der Waals surface area contributed by atoms with Crippen molar-refractivity contribution in [3.63, 3.8) is 0 Å². The lowest BCUT2D eigenvalue weighted by atomic mass is 9.69. The van der Waals surface area contributed by atoms with Crippen molar-refractivity contribution in [2.24, 2.45) is 11.8 Å². The molecular weight excluding hydrogens is 386 g/mol. The fraction of sp³-hybridized carbons (Fsp3) is 0.435. The van der Waals surface area contributed by atoms with Gasteiger partial charge >= 0.3 is 11.9 Å². The van der Waals surface area contributed by atoms with Crippen LogP contribution in [0.25, 0.3) is 0 Å². The molecule has 0 spiro atoms. The molecule has 1 aromatic carbocycles. The van der Waals surface area contributed by atoms with Gasteiger partial charge in [0.25, 0.3) is 0 Å². The molecule has 2 aliphatic rings. The van der Waals surface area contributed by atoms with Gasteiger partial charge in [0.2, 0.25) is 0 Å². The fourth-order valence-electron chi connectivity index (χ4n) is 4.23. The summed E-state index contributed by atoms with van der Waals surface area (Å²) in [5.41, 5.74) is 2.65. The van der Waals surface area contributed by atoms with Crippen LogP contribution in [0.2, 0.25) is 0 Å². The number of aromatic hydroxyl groups is 1. The molecule has 0 amide bonds. The highest BCUT2D eigenvalue weighted by Crippen LogP contribution is 2.45. The molecule has 7 heteroatoms. The standard InChI is InChI=1S/C23H27NO6/c1-11(2)30-23(28)18-13(4)24-16-10-12(3)17(22(27)29-5)21(26)20(16)19(18)14-6-8-15(25)9-7-14/h6-9,11-12,17,19,24-25H,10H2,1-5H3/t12-,17-,19-/m1/s1. The predicted molar refractivity (Wildman–Crippen MR) is 109 cm³/mol. The van der Waals surface area contributed by atoms with Gasteiger partial charge in [-0.2, -0.15) is 0 Å². The number of nitrogens with one attached hydrogen (secondary N) is 1. The molecule has 1 aliphatic heterocycles. The first-order valence-corrected chi connectivity index (χ1v) is 9.98. The van der Waals surface area contributed by atoms with Crippen LogP contribution in [0, 0.1) is 11.8 Å². The van der Waals surface area contributed by atoms with E-state index in [-0.39, 0.29) is 23.6 Å². The molecule has 0 radical (unpaired) electrons. The summed E-state index contributed by atoms with van der Waals surface area (Å²) >= 11 is 0. The molecule has 0 aromatic heterocycles. The summed E-state index contributed by atoms with van der Waals surface area (Å²) in [5, 5.41) is 12.9. The molecule has 3 rings (SSSR count). The Labute approximate surface area is 175 Å². The summed E-state index contributed by atoms with van der Waals surface area (Å²) in [6.45, 7) is 7.12. The van der Waals surface area contributed by atoms with E-state index in [4.69, 9.17) is 9.47 Å². The molecule has 1 heterocycles. The summed E-state index contributed by atoms with van der Waals surface area (Å²) in [5.74, 6) is -3.28. The number of Topliss-reactive ketones (excluding diaryl/α,β-unsaturated/α-hetero) is 1. The molecule has 160 valence electrons. The smallest absolute Gasteiger partial charge is 0.337 e. The van der Waals surface area contributed by atoms with E-state index in [0.717, 1.165) is 0 Å². The molecule has 30 heavy (non-hydrogen) atoms. The zero-order valence-corrected chi connectivity index (χ0v) is 17.8. The number of hydrogen-bond acceptors (Lipinski definition) is 7. The Morgan fingerprint density at radius 1 is 1.20 bits per heavy atom. The van der Waals surface area contributed by atoms with Crippen molar-refractivity contribution in [3.8, 4) is 5.75 Å². The van der Waals surface area contributed by atoms with Gasteiger partial charge in [-0.15, -0.1) is 0 Å². The fourth-order valence-corrected chi connectivity index (χ4v) is 4.23. The van der Waals surface area contributed by atoms with E-state index in [2.05, 4.69) is 5.32 Å². The van der Waals surface area contributed by atoms with E-state index in [1.54, 1.807) is 32.9 Å². The number of benzene rings is 1. The Hall–Kier alpha value is -3.09. The highest BCUT2D eigenvalue weighted by atomic mass is 16.5. The normalized spacial score (nSPS) is 23.8. The maximum atomic E-state index is 13.5. The average molecular weight is 413 g/mol. The molecule has 0 saturated heterocycles. The van der Waals surface area contributed by atoms with Gasteiger partial charge in [-0.3, -0.25) is 9.59 Å². The van der Waals surface area contributed by atoms with Crippen LogP contribution < -0.4 is 5.32 Å². The maximum absolute atomic E-state index is 13.5. The summed E-state index contributed by atoms with van der Waals surface area (Å²) in [7, 11) is 1.26. The van der Waals surface area contributed by atoms with Gasteiger partial charge in [-0.1, -0.05) is 19.1 Å². The second-order valence-corrected chi connectivity index (χ2v) is 8.08. The van der Waals surface area contributed by atoms with Crippen LogP contribution in [-0.2, 0) is 23.9 Å². The number of dihydropyridines is 1.